The number of ether oxygens (including phenoxy) is 3. The highest BCUT2D eigenvalue weighted by Gasteiger charge is 2.44. The first-order chi connectivity index (χ1) is 13.4. The molecule has 1 fully saturated rings. The minimum atomic E-state index is -0.440. The molecule has 4 rings (SSSR count). The summed E-state index contributed by atoms with van der Waals surface area (Å²) in [6.45, 7) is 7.80. The van der Waals surface area contributed by atoms with Gasteiger partial charge in [-0.2, -0.15) is 0 Å². The van der Waals surface area contributed by atoms with Crippen molar-refractivity contribution in [2.24, 2.45) is 5.92 Å². The molecule has 2 aromatic rings. The smallest absolute Gasteiger partial charge is 0.343 e. The number of fused-ring (bicyclic) bond motifs is 3. The zero-order valence-electron chi connectivity index (χ0n) is 16.2. The average molecular weight is 378 g/mol. The van der Waals surface area contributed by atoms with Crippen molar-refractivity contribution in [3.8, 4) is 11.5 Å². The number of esters is 2. The molecule has 0 amide bonds. The number of benzene rings is 2. The molecule has 2 aromatic carbocycles. The predicted octanol–water partition coefficient (Wildman–Crippen LogP) is 4.25. The zero-order valence-corrected chi connectivity index (χ0v) is 16.2. The Balaban J connectivity index is 1.69. The SMILES string of the molecule is C=C1C(=O)OC2c3c(C)c(OC(=O)c4ccc(OC)cc4)cc(C)c3CCC12. The molecule has 2 unspecified atom stereocenters. The van der Waals surface area contributed by atoms with Crippen molar-refractivity contribution >= 4 is 11.9 Å². The average Bonchev–Trinajstić information content (AvgIpc) is 2.99. The van der Waals surface area contributed by atoms with E-state index in [-0.39, 0.29) is 18.0 Å². The summed E-state index contributed by atoms with van der Waals surface area (Å²) >= 11 is 0. The van der Waals surface area contributed by atoms with Gasteiger partial charge in [-0.05, 0) is 73.7 Å². The fourth-order valence-corrected chi connectivity index (χ4v) is 4.17. The van der Waals surface area contributed by atoms with E-state index in [0.29, 0.717) is 22.6 Å². The molecule has 0 aromatic heterocycles. The topological polar surface area (TPSA) is 61.8 Å². The Labute approximate surface area is 163 Å². The zero-order chi connectivity index (χ0) is 20.0. The van der Waals surface area contributed by atoms with Gasteiger partial charge in [0, 0.05) is 17.1 Å². The second-order valence-corrected chi connectivity index (χ2v) is 7.32. The lowest BCUT2D eigenvalue weighted by Gasteiger charge is -2.30. The highest BCUT2D eigenvalue weighted by atomic mass is 16.6. The van der Waals surface area contributed by atoms with Crippen LogP contribution < -0.4 is 9.47 Å². The maximum atomic E-state index is 12.6. The van der Waals surface area contributed by atoms with E-state index in [1.165, 1.54) is 5.56 Å². The van der Waals surface area contributed by atoms with Gasteiger partial charge >= 0.3 is 11.9 Å². The van der Waals surface area contributed by atoms with Gasteiger partial charge in [-0.25, -0.2) is 9.59 Å². The van der Waals surface area contributed by atoms with E-state index in [4.69, 9.17) is 14.2 Å². The molecule has 0 N–H and O–H groups in total. The van der Waals surface area contributed by atoms with Crippen LogP contribution in [0.2, 0.25) is 0 Å². The van der Waals surface area contributed by atoms with E-state index >= 15 is 0 Å². The number of methoxy groups -OCH3 is 1. The molecule has 1 aliphatic carbocycles. The van der Waals surface area contributed by atoms with Crippen LogP contribution in [0.15, 0.2) is 42.5 Å². The van der Waals surface area contributed by atoms with Crippen LogP contribution in [0.1, 0.15) is 45.1 Å². The summed E-state index contributed by atoms with van der Waals surface area (Å²) in [6.07, 6.45) is 1.35. The third kappa shape index (κ3) is 2.87. The Hall–Kier alpha value is -3.08. The Morgan fingerprint density at radius 3 is 2.61 bits per heavy atom. The number of rotatable bonds is 3. The second-order valence-electron chi connectivity index (χ2n) is 7.32. The van der Waals surface area contributed by atoms with Gasteiger partial charge in [-0.15, -0.1) is 0 Å². The van der Waals surface area contributed by atoms with Crippen LogP contribution in [0.25, 0.3) is 0 Å². The number of carbonyl (C=O) groups is 2. The van der Waals surface area contributed by atoms with Crippen molar-refractivity contribution in [2.75, 3.05) is 7.11 Å². The van der Waals surface area contributed by atoms with Crippen LogP contribution in [-0.2, 0) is 16.0 Å². The second kappa shape index (κ2) is 6.82. The largest absolute Gasteiger partial charge is 0.497 e. The fourth-order valence-electron chi connectivity index (χ4n) is 4.17. The quantitative estimate of drug-likeness (QED) is 0.454. The van der Waals surface area contributed by atoms with Gasteiger partial charge in [0.25, 0.3) is 0 Å². The third-order valence-corrected chi connectivity index (χ3v) is 5.75. The molecule has 2 atom stereocenters. The summed E-state index contributed by atoms with van der Waals surface area (Å²) in [5, 5.41) is 0. The lowest BCUT2D eigenvalue weighted by molar-refractivity contribution is -0.139. The number of hydrogen-bond donors (Lipinski definition) is 0. The molecule has 1 saturated heterocycles. The van der Waals surface area contributed by atoms with Crippen LogP contribution in [0.3, 0.4) is 0 Å². The standard InChI is InChI=1S/C23H22O5/c1-12-11-19(27-23(25)15-5-7-16(26-4)8-6-15)14(3)20-17(12)9-10-18-13(2)22(24)28-21(18)20/h5-8,11,18,21H,2,9-10H2,1,3-4H3. The van der Waals surface area contributed by atoms with Crippen molar-refractivity contribution in [3.63, 3.8) is 0 Å². The van der Waals surface area contributed by atoms with Gasteiger partial charge in [0.15, 0.2) is 0 Å². The first-order valence-corrected chi connectivity index (χ1v) is 9.29. The van der Waals surface area contributed by atoms with Crippen molar-refractivity contribution < 1.29 is 23.8 Å². The highest BCUT2D eigenvalue weighted by Crippen LogP contribution is 2.49. The molecule has 5 nitrogen and oxygen atoms in total. The van der Waals surface area contributed by atoms with E-state index in [9.17, 15) is 9.59 Å². The molecule has 144 valence electrons. The van der Waals surface area contributed by atoms with Crippen molar-refractivity contribution in [3.05, 3.63) is 70.3 Å². The predicted molar refractivity (Wildman–Crippen MR) is 104 cm³/mol. The summed E-state index contributed by atoms with van der Waals surface area (Å²) in [6, 6.07) is 8.66. The summed E-state index contributed by atoms with van der Waals surface area (Å²) in [5.74, 6) is 0.384. The molecule has 28 heavy (non-hydrogen) atoms. The Morgan fingerprint density at radius 2 is 1.93 bits per heavy atom. The van der Waals surface area contributed by atoms with Crippen LogP contribution in [0, 0.1) is 19.8 Å². The molecular formula is C23H22O5. The Kier molecular flexibility index (Phi) is 4.46. The molecule has 0 bridgehead atoms. The summed E-state index contributed by atoms with van der Waals surface area (Å²) in [7, 11) is 1.57. The minimum absolute atomic E-state index is 0.00867. The lowest BCUT2D eigenvalue weighted by atomic mass is 9.76. The lowest BCUT2D eigenvalue weighted by Crippen LogP contribution is -2.21. The molecule has 5 heteroatoms. The van der Waals surface area contributed by atoms with Crippen LogP contribution >= 0.6 is 0 Å². The monoisotopic (exact) mass is 378 g/mol. The van der Waals surface area contributed by atoms with Gasteiger partial charge in [-0.3, -0.25) is 0 Å². The van der Waals surface area contributed by atoms with E-state index in [1.54, 1.807) is 31.4 Å². The summed E-state index contributed by atoms with van der Waals surface area (Å²) < 4.78 is 16.4. The van der Waals surface area contributed by atoms with Gasteiger partial charge in [0.1, 0.15) is 17.6 Å². The van der Waals surface area contributed by atoms with Gasteiger partial charge in [0.05, 0.1) is 12.7 Å². The normalized spacial score (nSPS) is 20.2. The van der Waals surface area contributed by atoms with Crippen LogP contribution in [0.5, 0.6) is 11.5 Å². The number of carbonyl (C=O) groups excluding carboxylic acids is 2. The van der Waals surface area contributed by atoms with Gasteiger partial charge in [-0.1, -0.05) is 6.58 Å². The molecule has 0 radical (unpaired) electrons. The van der Waals surface area contributed by atoms with E-state index in [1.807, 2.05) is 19.9 Å². The number of hydrogen-bond acceptors (Lipinski definition) is 5. The summed E-state index contributed by atoms with van der Waals surface area (Å²) in [4.78, 5) is 24.6. The summed E-state index contributed by atoms with van der Waals surface area (Å²) in [5.41, 5.74) is 4.97. The maximum Gasteiger partial charge on any atom is 0.343 e. The number of aryl methyl sites for hydroxylation is 1. The van der Waals surface area contributed by atoms with Crippen molar-refractivity contribution in [2.45, 2.75) is 32.8 Å². The molecule has 0 spiro atoms. The first-order valence-electron chi connectivity index (χ1n) is 9.29. The van der Waals surface area contributed by atoms with E-state index in [0.717, 1.165) is 29.5 Å². The molecule has 2 aliphatic rings. The molecule has 1 heterocycles. The van der Waals surface area contributed by atoms with Crippen molar-refractivity contribution in [1.29, 1.82) is 0 Å². The van der Waals surface area contributed by atoms with E-state index in [2.05, 4.69) is 6.58 Å². The first kappa shape index (κ1) is 18.3. The van der Waals surface area contributed by atoms with Gasteiger partial charge < -0.3 is 14.2 Å². The van der Waals surface area contributed by atoms with Crippen LogP contribution in [-0.4, -0.2) is 19.0 Å². The van der Waals surface area contributed by atoms with Gasteiger partial charge in [0.2, 0.25) is 0 Å². The maximum absolute atomic E-state index is 12.6. The molecule has 0 saturated carbocycles. The Bertz CT molecular complexity index is 987. The minimum Gasteiger partial charge on any atom is -0.497 e. The highest BCUT2D eigenvalue weighted by molar-refractivity contribution is 5.92. The molecule has 1 aliphatic heterocycles. The van der Waals surface area contributed by atoms with E-state index < -0.39 is 5.97 Å². The third-order valence-electron chi connectivity index (χ3n) is 5.75. The van der Waals surface area contributed by atoms with Crippen molar-refractivity contribution in [1.82, 2.24) is 0 Å². The Morgan fingerprint density at radius 1 is 1.21 bits per heavy atom. The van der Waals surface area contributed by atoms with Crippen LogP contribution in [0.4, 0.5) is 0 Å². The molecular weight excluding hydrogens is 356 g/mol. The fraction of sp³-hybridized carbons (Fsp3) is 0.304.